The molecule has 0 atom stereocenters. The quantitative estimate of drug-likeness (QED) is 0.675. The molecule has 2 aromatic heterocycles. The summed E-state index contributed by atoms with van der Waals surface area (Å²) < 4.78 is 9.47. The Bertz CT molecular complexity index is 726. The van der Waals surface area contributed by atoms with Crippen molar-refractivity contribution in [3.05, 3.63) is 29.6 Å². The van der Waals surface area contributed by atoms with Crippen LogP contribution in [0.25, 0.3) is 16.8 Å². The third-order valence-electron chi connectivity index (χ3n) is 3.44. The lowest BCUT2D eigenvalue weighted by Gasteiger charge is -2.04. The molecular formula is C14H18N4O. The minimum atomic E-state index is 0.755. The molecule has 3 rings (SSSR count). The third-order valence-corrected chi connectivity index (χ3v) is 3.44. The summed E-state index contributed by atoms with van der Waals surface area (Å²) in [5, 5.41) is 8.48. The van der Waals surface area contributed by atoms with Gasteiger partial charge in [-0.25, -0.2) is 0 Å². The van der Waals surface area contributed by atoms with E-state index in [2.05, 4.69) is 44.3 Å². The Morgan fingerprint density at radius 3 is 2.79 bits per heavy atom. The van der Waals surface area contributed by atoms with Crippen molar-refractivity contribution in [3.63, 3.8) is 0 Å². The van der Waals surface area contributed by atoms with Crippen molar-refractivity contribution in [1.29, 1.82) is 0 Å². The highest BCUT2D eigenvalue weighted by Crippen LogP contribution is 2.22. The highest BCUT2D eigenvalue weighted by molar-refractivity contribution is 5.81. The van der Waals surface area contributed by atoms with E-state index in [0.717, 1.165) is 31.2 Å². The molecule has 0 spiro atoms. The molecule has 0 aliphatic carbocycles. The van der Waals surface area contributed by atoms with Gasteiger partial charge in [0.05, 0.1) is 11.0 Å². The number of nitrogens with zero attached hydrogens (tertiary/aromatic N) is 4. The normalized spacial score (nSPS) is 11.7. The topological polar surface area (TPSA) is 44.4 Å². The summed E-state index contributed by atoms with van der Waals surface area (Å²) >= 11 is 0. The van der Waals surface area contributed by atoms with E-state index in [-0.39, 0.29) is 0 Å². The molecule has 0 N–H and O–H groups in total. The van der Waals surface area contributed by atoms with Crippen LogP contribution in [0.5, 0.6) is 0 Å². The number of methoxy groups -OCH3 is 1. The summed E-state index contributed by atoms with van der Waals surface area (Å²) in [6.07, 6.45) is 0.968. The Labute approximate surface area is 111 Å². The van der Waals surface area contributed by atoms with Gasteiger partial charge >= 0.3 is 0 Å². The van der Waals surface area contributed by atoms with Gasteiger partial charge in [0.15, 0.2) is 0 Å². The average Bonchev–Trinajstić information content (AvgIpc) is 2.90. The molecule has 0 radical (unpaired) electrons. The Kier molecular flexibility index (Phi) is 2.98. The van der Waals surface area contributed by atoms with Gasteiger partial charge in [-0.3, -0.25) is 4.40 Å². The van der Waals surface area contributed by atoms with Gasteiger partial charge in [-0.05, 0) is 38.0 Å². The van der Waals surface area contributed by atoms with Crippen molar-refractivity contribution in [2.45, 2.75) is 26.8 Å². The van der Waals surface area contributed by atoms with Gasteiger partial charge in [0, 0.05) is 20.3 Å². The van der Waals surface area contributed by atoms with Gasteiger partial charge in [-0.15, -0.1) is 10.2 Å². The van der Waals surface area contributed by atoms with Gasteiger partial charge in [-0.1, -0.05) is 6.07 Å². The van der Waals surface area contributed by atoms with Crippen LogP contribution in [0.1, 0.15) is 17.8 Å². The number of benzene rings is 1. The highest BCUT2D eigenvalue weighted by Gasteiger charge is 2.14. The monoisotopic (exact) mass is 258 g/mol. The SMILES string of the molecule is COCCCn1c2cc(C)ccc2n2c(C)nnc12. The van der Waals surface area contributed by atoms with Gasteiger partial charge < -0.3 is 9.30 Å². The van der Waals surface area contributed by atoms with Crippen LogP contribution in [0.2, 0.25) is 0 Å². The lowest BCUT2D eigenvalue weighted by Crippen LogP contribution is -2.02. The summed E-state index contributed by atoms with van der Waals surface area (Å²) in [6.45, 7) is 5.74. The Balaban J connectivity index is 2.21. The number of rotatable bonds is 4. The maximum Gasteiger partial charge on any atom is 0.236 e. The zero-order chi connectivity index (χ0) is 13.4. The summed E-state index contributed by atoms with van der Waals surface area (Å²) in [5.74, 6) is 1.84. The predicted molar refractivity (Wildman–Crippen MR) is 74.5 cm³/mol. The van der Waals surface area contributed by atoms with E-state index in [9.17, 15) is 0 Å². The first-order chi connectivity index (χ1) is 9.22. The van der Waals surface area contributed by atoms with E-state index in [1.165, 1.54) is 16.6 Å². The molecule has 0 aliphatic rings. The molecule has 19 heavy (non-hydrogen) atoms. The Hall–Kier alpha value is -1.88. The lowest BCUT2D eigenvalue weighted by atomic mass is 10.2. The molecule has 2 heterocycles. The zero-order valence-electron chi connectivity index (χ0n) is 11.6. The fourth-order valence-corrected chi connectivity index (χ4v) is 2.54. The number of fused-ring (bicyclic) bond motifs is 3. The number of aryl methyl sites for hydroxylation is 3. The molecule has 100 valence electrons. The van der Waals surface area contributed by atoms with Gasteiger partial charge in [0.1, 0.15) is 5.82 Å². The van der Waals surface area contributed by atoms with Gasteiger partial charge in [0.2, 0.25) is 5.78 Å². The number of hydrogen-bond donors (Lipinski definition) is 0. The minimum absolute atomic E-state index is 0.755. The fourth-order valence-electron chi connectivity index (χ4n) is 2.54. The molecular weight excluding hydrogens is 240 g/mol. The molecule has 5 heteroatoms. The number of aromatic nitrogens is 4. The van der Waals surface area contributed by atoms with Crippen molar-refractivity contribution in [1.82, 2.24) is 19.2 Å². The summed E-state index contributed by atoms with van der Waals surface area (Å²) in [7, 11) is 1.73. The minimum Gasteiger partial charge on any atom is -0.385 e. The average molecular weight is 258 g/mol. The predicted octanol–water partition coefficient (Wildman–Crippen LogP) is 2.34. The number of ether oxygens (including phenoxy) is 1. The van der Waals surface area contributed by atoms with Gasteiger partial charge in [0.25, 0.3) is 0 Å². The molecule has 1 aromatic carbocycles. The first-order valence-corrected chi connectivity index (χ1v) is 6.52. The molecule has 0 saturated heterocycles. The van der Waals surface area contributed by atoms with Crippen LogP contribution in [0.3, 0.4) is 0 Å². The molecule has 0 amide bonds. The van der Waals surface area contributed by atoms with E-state index in [0.29, 0.717) is 0 Å². The molecule has 3 aromatic rings. The molecule has 5 nitrogen and oxygen atoms in total. The summed E-state index contributed by atoms with van der Waals surface area (Å²) in [6, 6.07) is 6.47. The highest BCUT2D eigenvalue weighted by atomic mass is 16.5. The Morgan fingerprint density at radius 1 is 1.16 bits per heavy atom. The van der Waals surface area contributed by atoms with Gasteiger partial charge in [-0.2, -0.15) is 0 Å². The van der Waals surface area contributed by atoms with Crippen molar-refractivity contribution >= 4 is 16.8 Å². The largest absolute Gasteiger partial charge is 0.385 e. The second kappa shape index (κ2) is 4.66. The number of imidazole rings is 1. The molecule has 0 bridgehead atoms. The third kappa shape index (κ3) is 1.90. The number of hydrogen-bond acceptors (Lipinski definition) is 3. The second-order valence-corrected chi connectivity index (χ2v) is 4.87. The lowest BCUT2D eigenvalue weighted by molar-refractivity contribution is 0.191. The van der Waals surface area contributed by atoms with Crippen molar-refractivity contribution < 1.29 is 4.74 Å². The summed E-state index contributed by atoms with van der Waals surface area (Å²) in [5.41, 5.74) is 3.64. The van der Waals surface area contributed by atoms with Crippen LogP contribution >= 0.6 is 0 Å². The molecule has 0 aliphatic heterocycles. The molecule has 0 fully saturated rings. The van der Waals surface area contributed by atoms with Crippen LogP contribution in [-0.4, -0.2) is 32.9 Å². The van der Waals surface area contributed by atoms with Crippen LogP contribution in [-0.2, 0) is 11.3 Å². The second-order valence-electron chi connectivity index (χ2n) is 4.87. The van der Waals surface area contributed by atoms with Crippen LogP contribution < -0.4 is 0 Å². The van der Waals surface area contributed by atoms with E-state index in [4.69, 9.17) is 4.74 Å². The van der Waals surface area contributed by atoms with E-state index < -0.39 is 0 Å². The smallest absolute Gasteiger partial charge is 0.236 e. The van der Waals surface area contributed by atoms with Crippen LogP contribution in [0, 0.1) is 13.8 Å². The van der Waals surface area contributed by atoms with Crippen LogP contribution in [0.4, 0.5) is 0 Å². The van der Waals surface area contributed by atoms with Crippen LogP contribution in [0.15, 0.2) is 18.2 Å². The zero-order valence-corrected chi connectivity index (χ0v) is 11.6. The maximum atomic E-state index is 5.14. The van der Waals surface area contributed by atoms with Crippen molar-refractivity contribution in [2.75, 3.05) is 13.7 Å². The standard InChI is InChI=1S/C14H18N4O/c1-10-5-6-12-13(9-10)17(7-4-8-19-3)14-16-15-11(2)18(12)14/h5-6,9H,4,7-8H2,1-3H3. The summed E-state index contributed by atoms with van der Waals surface area (Å²) in [4.78, 5) is 0. The Morgan fingerprint density at radius 2 is 2.00 bits per heavy atom. The van der Waals surface area contributed by atoms with Crippen molar-refractivity contribution in [2.24, 2.45) is 0 Å². The fraction of sp³-hybridized carbons (Fsp3) is 0.429. The van der Waals surface area contributed by atoms with E-state index in [1.54, 1.807) is 7.11 Å². The molecule has 0 saturated carbocycles. The molecule has 0 unspecified atom stereocenters. The van der Waals surface area contributed by atoms with E-state index in [1.807, 2.05) is 6.92 Å². The first-order valence-electron chi connectivity index (χ1n) is 6.52. The van der Waals surface area contributed by atoms with Crippen molar-refractivity contribution in [3.8, 4) is 0 Å². The maximum absolute atomic E-state index is 5.14. The first kappa shape index (κ1) is 12.2. The van der Waals surface area contributed by atoms with E-state index >= 15 is 0 Å².